The number of hydrogen-bond acceptors (Lipinski definition) is 4. The molecule has 0 aliphatic heterocycles. The topological polar surface area (TPSA) is 68.0 Å². The number of nitrogens with zero attached hydrogens (tertiary/aromatic N) is 2. The molecule has 1 amide bonds. The number of aromatic nitrogens is 2. The van der Waals surface area contributed by atoms with E-state index >= 15 is 0 Å². The second kappa shape index (κ2) is 5.09. The van der Waals surface area contributed by atoms with Crippen LogP contribution in [-0.4, -0.2) is 16.0 Å². The number of pyridine rings is 1. The summed E-state index contributed by atoms with van der Waals surface area (Å²) in [6.45, 7) is 2.13. The van der Waals surface area contributed by atoms with E-state index in [2.05, 4.69) is 31.4 Å². The molecule has 6 heteroatoms. The monoisotopic (exact) mass is 295 g/mol. The zero-order valence-electron chi connectivity index (χ0n) is 9.11. The molecule has 2 aromatic heterocycles. The molecular formula is C11H10BrN3O2. The Kier molecular flexibility index (Phi) is 3.53. The summed E-state index contributed by atoms with van der Waals surface area (Å²) in [7, 11) is 0. The van der Waals surface area contributed by atoms with Gasteiger partial charge in [-0.25, -0.2) is 4.98 Å². The van der Waals surface area contributed by atoms with Gasteiger partial charge in [0.05, 0.1) is 12.2 Å². The summed E-state index contributed by atoms with van der Waals surface area (Å²) in [4.78, 5) is 15.7. The maximum atomic E-state index is 11.7. The first-order chi connectivity index (χ1) is 8.15. The van der Waals surface area contributed by atoms with Gasteiger partial charge in [0.1, 0.15) is 5.69 Å². The molecule has 2 heterocycles. The van der Waals surface area contributed by atoms with Crippen LogP contribution < -0.4 is 5.32 Å². The van der Waals surface area contributed by atoms with Crippen molar-refractivity contribution < 1.29 is 9.32 Å². The van der Waals surface area contributed by atoms with Gasteiger partial charge in [-0.2, -0.15) is 0 Å². The fraction of sp³-hybridized carbons (Fsp3) is 0.182. The predicted molar refractivity (Wildman–Crippen MR) is 64.3 cm³/mol. The number of nitrogens with one attached hydrogen (secondary N) is 1. The molecule has 0 aromatic carbocycles. The highest BCUT2D eigenvalue weighted by molar-refractivity contribution is 9.10. The Morgan fingerprint density at radius 2 is 2.35 bits per heavy atom. The number of hydrogen-bond donors (Lipinski definition) is 1. The molecule has 0 unspecified atom stereocenters. The standard InChI is InChI=1S/C11H10BrN3O2/c1-7-4-9(17-15-7)6-14-11(16)10-3-2-8(12)5-13-10/h2-5H,6H2,1H3,(H,14,16). The molecule has 1 N–H and O–H groups in total. The van der Waals surface area contributed by atoms with Crippen LogP contribution in [0.3, 0.4) is 0 Å². The molecule has 0 atom stereocenters. The maximum absolute atomic E-state index is 11.7. The number of rotatable bonds is 3. The van der Waals surface area contributed by atoms with E-state index in [9.17, 15) is 4.79 Å². The Labute approximate surface area is 106 Å². The minimum Gasteiger partial charge on any atom is -0.359 e. The highest BCUT2D eigenvalue weighted by atomic mass is 79.9. The molecule has 0 aliphatic carbocycles. The zero-order valence-corrected chi connectivity index (χ0v) is 10.7. The van der Waals surface area contributed by atoms with Gasteiger partial charge < -0.3 is 9.84 Å². The van der Waals surface area contributed by atoms with Crippen molar-refractivity contribution in [3.63, 3.8) is 0 Å². The molecule has 2 aromatic rings. The van der Waals surface area contributed by atoms with E-state index < -0.39 is 0 Å². The van der Waals surface area contributed by atoms with Gasteiger partial charge in [-0.05, 0) is 35.0 Å². The summed E-state index contributed by atoms with van der Waals surface area (Å²) in [5.74, 6) is 0.375. The number of amides is 1. The van der Waals surface area contributed by atoms with E-state index in [1.54, 1.807) is 24.4 Å². The average molecular weight is 296 g/mol. The van der Waals surface area contributed by atoms with Crippen molar-refractivity contribution in [2.75, 3.05) is 0 Å². The quantitative estimate of drug-likeness (QED) is 0.941. The molecule has 0 saturated carbocycles. The van der Waals surface area contributed by atoms with Gasteiger partial charge >= 0.3 is 0 Å². The third-order valence-corrected chi connectivity index (χ3v) is 2.53. The van der Waals surface area contributed by atoms with Crippen LogP contribution >= 0.6 is 15.9 Å². The molecule has 0 spiro atoms. The van der Waals surface area contributed by atoms with Crippen molar-refractivity contribution in [3.8, 4) is 0 Å². The average Bonchev–Trinajstić information content (AvgIpc) is 2.73. The lowest BCUT2D eigenvalue weighted by atomic mass is 10.3. The molecular weight excluding hydrogens is 286 g/mol. The minimum absolute atomic E-state index is 0.244. The summed E-state index contributed by atoms with van der Waals surface area (Å²) in [6.07, 6.45) is 1.58. The van der Waals surface area contributed by atoms with Crippen LogP contribution in [0.5, 0.6) is 0 Å². The van der Waals surface area contributed by atoms with E-state index in [0.29, 0.717) is 18.0 Å². The van der Waals surface area contributed by atoms with Crippen molar-refractivity contribution >= 4 is 21.8 Å². The fourth-order valence-corrected chi connectivity index (χ4v) is 1.50. The van der Waals surface area contributed by atoms with Crippen LogP contribution in [-0.2, 0) is 6.54 Å². The first-order valence-electron chi connectivity index (χ1n) is 4.97. The number of halogens is 1. The van der Waals surface area contributed by atoms with Crippen LogP contribution in [0.15, 0.2) is 33.4 Å². The van der Waals surface area contributed by atoms with E-state index in [0.717, 1.165) is 10.2 Å². The molecule has 2 rings (SSSR count). The van der Waals surface area contributed by atoms with Crippen LogP contribution in [0.4, 0.5) is 0 Å². The second-order valence-electron chi connectivity index (χ2n) is 3.48. The SMILES string of the molecule is Cc1cc(CNC(=O)c2ccc(Br)cn2)on1. The van der Waals surface area contributed by atoms with Crippen molar-refractivity contribution in [3.05, 3.63) is 46.0 Å². The van der Waals surface area contributed by atoms with Gasteiger partial charge in [-0.15, -0.1) is 0 Å². The lowest BCUT2D eigenvalue weighted by Crippen LogP contribution is -2.23. The van der Waals surface area contributed by atoms with Gasteiger partial charge in [0.15, 0.2) is 5.76 Å². The number of carbonyl (C=O) groups is 1. The van der Waals surface area contributed by atoms with Gasteiger partial charge in [-0.3, -0.25) is 4.79 Å². The third kappa shape index (κ3) is 3.13. The molecule has 0 aliphatic rings. The molecule has 0 saturated heterocycles. The predicted octanol–water partition coefficient (Wildman–Crippen LogP) is 2.07. The van der Waals surface area contributed by atoms with Crippen LogP contribution in [0.1, 0.15) is 21.9 Å². The van der Waals surface area contributed by atoms with Gasteiger partial charge in [0.25, 0.3) is 5.91 Å². The van der Waals surface area contributed by atoms with E-state index in [1.807, 2.05) is 6.92 Å². The van der Waals surface area contributed by atoms with Crippen molar-refractivity contribution in [2.24, 2.45) is 0 Å². The van der Waals surface area contributed by atoms with E-state index in [4.69, 9.17) is 4.52 Å². The lowest BCUT2D eigenvalue weighted by molar-refractivity contribution is 0.0942. The molecule has 88 valence electrons. The van der Waals surface area contributed by atoms with Crippen LogP contribution in [0, 0.1) is 6.92 Å². The Hall–Kier alpha value is -1.69. The van der Waals surface area contributed by atoms with Crippen LogP contribution in [0.2, 0.25) is 0 Å². The first kappa shape index (κ1) is 11.8. The minimum atomic E-state index is -0.244. The summed E-state index contributed by atoms with van der Waals surface area (Å²) in [6, 6.07) is 5.18. The summed E-state index contributed by atoms with van der Waals surface area (Å²) in [5.41, 5.74) is 1.15. The van der Waals surface area contributed by atoms with Crippen molar-refractivity contribution in [1.29, 1.82) is 0 Å². The van der Waals surface area contributed by atoms with Crippen molar-refractivity contribution in [1.82, 2.24) is 15.5 Å². The Morgan fingerprint density at radius 1 is 1.53 bits per heavy atom. The number of aryl methyl sites for hydroxylation is 1. The molecule has 5 nitrogen and oxygen atoms in total. The summed E-state index contributed by atoms with van der Waals surface area (Å²) in [5, 5.41) is 6.43. The molecule has 0 fully saturated rings. The largest absolute Gasteiger partial charge is 0.359 e. The lowest BCUT2D eigenvalue weighted by Gasteiger charge is -2.01. The second-order valence-corrected chi connectivity index (χ2v) is 4.39. The highest BCUT2D eigenvalue weighted by Gasteiger charge is 2.08. The molecule has 17 heavy (non-hydrogen) atoms. The van der Waals surface area contributed by atoms with Gasteiger partial charge in [-0.1, -0.05) is 5.16 Å². The smallest absolute Gasteiger partial charge is 0.270 e. The first-order valence-corrected chi connectivity index (χ1v) is 5.76. The van der Waals surface area contributed by atoms with Gasteiger partial charge in [0, 0.05) is 16.7 Å². The van der Waals surface area contributed by atoms with Gasteiger partial charge in [0.2, 0.25) is 0 Å². The fourth-order valence-electron chi connectivity index (χ4n) is 1.27. The van der Waals surface area contributed by atoms with E-state index in [1.165, 1.54) is 0 Å². The zero-order chi connectivity index (χ0) is 12.3. The molecule has 0 radical (unpaired) electrons. The van der Waals surface area contributed by atoms with E-state index in [-0.39, 0.29) is 5.91 Å². The number of carbonyl (C=O) groups excluding carboxylic acids is 1. The maximum Gasteiger partial charge on any atom is 0.270 e. The van der Waals surface area contributed by atoms with Crippen LogP contribution in [0.25, 0.3) is 0 Å². The summed E-state index contributed by atoms with van der Waals surface area (Å²) >= 11 is 3.26. The van der Waals surface area contributed by atoms with Crippen molar-refractivity contribution in [2.45, 2.75) is 13.5 Å². The highest BCUT2D eigenvalue weighted by Crippen LogP contribution is 2.07. The Balaban J connectivity index is 1.95. The normalized spacial score (nSPS) is 10.2. The Bertz CT molecular complexity index is 522. The third-order valence-electron chi connectivity index (χ3n) is 2.06. The Morgan fingerprint density at radius 3 is 2.94 bits per heavy atom. The summed E-state index contributed by atoms with van der Waals surface area (Å²) < 4.78 is 5.81. The molecule has 0 bridgehead atoms.